The van der Waals surface area contributed by atoms with Crippen LogP contribution in [-0.2, 0) is 0 Å². The molecule has 0 saturated heterocycles. The average molecular weight is 429 g/mol. The molecule has 0 spiro atoms. The van der Waals surface area contributed by atoms with Crippen LogP contribution in [0.4, 0.5) is 0 Å². The number of benzene rings is 7. The second-order valence-electron chi connectivity index (χ2n) is 9.33. The monoisotopic (exact) mass is 428 g/mol. The highest BCUT2D eigenvalue weighted by Gasteiger charge is 2.24. The van der Waals surface area contributed by atoms with Crippen LogP contribution >= 0.6 is 0 Å². The molecule has 156 valence electrons. The topological polar surface area (TPSA) is 0 Å². The molecule has 0 aromatic heterocycles. The lowest BCUT2D eigenvalue weighted by atomic mass is 9.89. The van der Waals surface area contributed by atoms with Crippen LogP contribution in [0.1, 0.15) is 0 Å². The second kappa shape index (κ2) is 6.56. The molecule has 1 aliphatic rings. The van der Waals surface area contributed by atoms with Crippen LogP contribution < -0.4 is 0 Å². The van der Waals surface area contributed by atoms with Crippen molar-refractivity contribution in [1.29, 1.82) is 0 Å². The Bertz CT molecular complexity index is 1940. The van der Waals surface area contributed by atoms with Gasteiger partial charge in [0.25, 0.3) is 0 Å². The van der Waals surface area contributed by atoms with E-state index in [0.29, 0.717) is 0 Å². The van der Waals surface area contributed by atoms with Crippen LogP contribution in [0.2, 0.25) is 0 Å². The highest BCUT2D eigenvalue weighted by Crippen LogP contribution is 2.51. The number of fused-ring (bicyclic) bond motifs is 7. The van der Waals surface area contributed by atoms with Gasteiger partial charge in [0.2, 0.25) is 0 Å². The van der Waals surface area contributed by atoms with Gasteiger partial charge in [-0.2, -0.15) is 0 Å². The van der Waals surface area contributed by atoms with Crippen molar-refractivity contribution in [1.82, 2.24) is 0 Å². The molecular weight excluding hydrogens is 408 g/mol. The van der Waals surface area contributed by atoms with Crippen molar-refractivity contribution >= 4 is 43.1 Å². The van der Waals surface area contributed by atoms with E-state index in [1.807, 2.05) is 0 Å². The molecule has 0 nitrogen and oxygen atoms in total. The minimum absolute atomic E-state index is 1.27. The molecule has 0 aliphatic heterocycles. The number of hydrogen-bond acceptors (Lipinski definition) is 0. The fraction of sp³-hybridized carbons (Fsp3) is 0. The van der Waals surface area contributed by atoms with Crippen LogP contribution in [0, 0.1) is 0 Å². The summed E-state index contributed by atoms with van der Waals surface area (Å²) in [6.07, 6.45) is 0. The lowest BCUT2D eigenvalue weighted by Gasteiger charge is -2.14. The first-order chi connectivity index (χ1) is 16.9. The van der Waals surface area contributed by atoms with Crippen LogP contribution in [0.25, 0.3) is 76.5 Å². The van der Waals surface area contributed by atoms with Crippen molar-refractivity contribution in [3.8, 4) is 33.4 Å². The van der Waals surface area contributed by atoms with Gasteiger partial charge in [-0.05, 0) is 101 Å². The largest absolute Gasteiger partial charge is 0.0622 e. The average Bonchev–Trinajstić information content (AvgIpc) is 3.20. The van der Waals surface area contributed by atoms with E-state index in [0.717, 1.165) is 0 Å². The summed E-state index contributed by atoms with van der Waals surface area (Å²) >= 11 is 0. The summed E-state index contributed by atoms with van der Waals surface area (Å²) in [4.78, 5) is 0. The molecule has 0 unspecified atom stereocenters. The summed E-state index contributed by atoms with van der Waals surface area (Å²) in [5.41, 5.74) is 7.99. The fourth-order valence-electron chi connectivity index (χ4n) is 6.08. The first kappa shape index (κ1) is 18.1. The van der Waals surface area contributed by atoms with Gasteiger partial charge < -0.3 is 0 Å². The number of rotatable bonds is 1. The Morgan fingerprint density at radius 2 is 0.971 bits per heavy atom. The number of hydrogen-bond donors (Lipinski definition) is 0. The molecule has 8 rings (SSSR count). The molecule has 0 radical (unpaired) electrons. The predicted molar refractivity (Wildman–Crippen MR) is 146 cm³/mol. The smallest absolute Gasteiger partial charge is 0.00199 e. The van der Waals surface area contributed by atoms with E-state index < -0.39 is 0 Å². The third-order valence-corrected chi connectivity index (χ3v) is 7.53. The lowest BCUT2D eigenvalue weighted by Crippen LogP contribution is -1.87. The molecule has 1 aliphatic carbocycles. The van der Waals surface area contributed by atoms with Crippen molar-refractivity contribution in [3.05, 3.63) is 121 Å². The summed E-state index contributed by atoms with van der Waals surface area (Å²) in [6.45, 7) is 0. The molecule has 0 N–H and O–H groups in total. The summed E-state index contributed by atoms with van der Waals surface area (Å²) in [6, 6.07) is 44.8. The van der Waals surface area contributed by atoms with E-state index in [1.54, 1.807) is 0 Å². The van der Waals surface area contributed by atoms with Crippen molar-refractivity contribution in [2.75, 3.05) is 0 Å². The Balaban J connectivity index is 1.55. The quantitative estimate of drug-likeness (QED) is 0.180. The van der Waals surface area contributed by atoms with Gasteiger partial charge in [-0.3, -0.25) is 0 Å². The van der Waals surface area contributed by atoms with Crippen molar-refractivity contribution < 1.29 is 0 Å². The molecule has 0 amide bonds. The second-order valence-corrected chi connectivity index (χ2v) is 9.33. The summed E-state index contributed by atoms with van der Waals surface area (Å²) in [7, 11) is 0. The molecule has 0 heteroatoms. The van der Waals surface area contributed by atoms with Gasteiger partial charge in [0.1, 0.15) is 0 Å². The normalized spacial score (nSPS) is 12.1. The molecule has 0 atom stereocenters. The van der Waals surface area contributed by atoms with E-state index in [1.165, 1.54) is 76.5 Å². The van der Waals surface area contributed by atoms with Gasteiger partial charge in [-0.1, -0.05) is 97.1 Å². The Morgan fingerprint density at radius 1 is 0.324 bits per heavy atom. The minimum atomic E-state index is 1.27. The van der Waals surface area contributed by atoms with E-state index in [2.05, 4.69) is 121 Å². The minimum Gasteiger partial charge on any atom is -0.0622 e. The fourth-order valence-corrected chi connectivity index (χ4v) is 6.08. The SMILES string of the molecule is c1ccc(-c2c3ccccc3cc3cc4c(cc23)-c2cccc3c2c-4cc2ccccc23)cc1. The van der Waals surface area contributed by atoms with Crippen molar-refractivity contribution in [3.63, 3.8) is 0 Å². The third kappa shape index (κ3) is 2.32. The summed E-state index contributed by atoms with van der Waals surface area (Å²) in [5, 5.41) is 10.6. The van der Waals surface area contributed by atoms with E-state index in [4.69, 9.17) is 0 Å². The van der Waals surface area contributed by atoms with Crippen molar-refractivity contribution in [2.24, 2.45) is 0 Å². The van der Waals surface area contributed by atoms with Crippen LogP contribution in [0.15, 0.2) is 121 Å². The van der Waals surface area contributed by atoms with Crippen LogP contribution in [0.5, 0.6) is 0 Å². The van der Waals surface area contributed by atoms with E-state index in [-0.39, 0.29) is 0 Å². The predicted octanol–water partition coefficient (Wildman–Crippen LogP) is 9.61. The lowest BCUT2D eigenvalue weighted by molar-refractivity contribution is 1.67. The molecule has 0 fully saturated rings. The molecule has 0 bridgehead atoms. The zero-order valence-corrected chi connectivity index (χ0v) is 18.5. The molecule has 0 saturated carbocycles. The maximum Gasteiger partial charge on any atom is -0.00199 e. The zero-order valence-electron chi connectivity index (χ0n) is 18.5. The molecule has 7 aromatic rings. The molecular formula is C34H20. The van der Waals surface area contributed by atoms with Crippen LogP contribution in [0.3, 0.4) is 0 Å². The first-order valence-electron chi connectivity index (χ1n) is 11.9. The Labute approximate surface area is 197 Å². The maximum atomic E-state index is 2.44. The van der Waals surface area contributed by atoms with Gasteiger partial charge in [0.05, 0.1) is 0 Å². The van der Waals surface area contributed by atoms with Gasteiger partial charge in [-0.15, -0.1) is 0 Å². The standard InChI is InChI=1S/C34H20/c1-2-9-21(10-3-1)33-26-14-7-5-11-22(26)17-24-19-30-31(20-29(24)33)28-16-8-15-27-25-13-6-4-12-23(25)18-32(30)34(27)28/h1-20H. The first-order valence-corrected chi connectivity index (χ1v) is 11.9. The summed E-state index contributed by atoms with van der Waals surface area (Å²) < 4.78 is 0. The molecule has 7 aromatic carbocycles. The Kier molecular flexibility index (Phi) is 3.48. The third-order valence-electron chi connectivity index (χ3n) is 7.53. The van der Waals surface area contributed by atoms with Gasteiger partial charge in [-0.25, -0.2) is 0 Å². The highest BCUT2D eigenvalue weighted by atomic mass is 14.3. The molecule has 34 heavy (non-hydrogen) atoms. The maximum absolute atomic E-state index is 2.44. The molecule has 0 heterocycles. The Hall–Kier alpha value is -4.42. The summed E-state index contributed by atoms with van der Waals surface area (Å²) in [5.74, 6) is 0. The van der Waals surface area contributed by atoms with Crippen LogP contribution in [-0.4, -0.2) is 0 Å². The zero-order chi connectivity index (χ0) is 22.2. The van der Waals surface area contributed by atoms with E-state index in [9.17, 15) is 0 Å². The van der Waals surface area contributed by atoms with E-state index >= 15 is 0 Å². The highest BCUT2D eigenvalue weighted by molar-refractivity contribution is 6.25. The van der Waals surface area contributed by atoms with Crippen molar-refractivity contribution in [2.45, 2.75) is 0 Å². The Morgan fingerprint density at radius 3 is 1.82 bits per heavy atom. The van der Waals surface area contributed by atoms with Gasteiger partial charge in [0.15, 0.2) is 0 Å². The van der Waals surface area contributed by atoms with Gasteiger partial charge >= 0.3 is 0 Å². The van der Waals surface area contributed by atoms with Gasteiger partial charge in [0, 0.05) is 0 Å².